The fourth-order valence-corrected chi connectivity index (χ4v) is 10.8. The van der Waals surface area contributed by atoms with Crippen molar-refractivity contribution < 1.29 is 61.9 Å². The summed E-state index contributed by atoms with van der Waals surface area (Å²) in [6.45, 7) is 20.0. The number of rotatable bonds is 19. The van der Waals surface area contributed by atoms with Crippen LogP contribution in [0.2, 0.25) is 0 Å². The molecule has 0 saturated carbocycles. The average Bonchev–Trinajstić information content (AvgIpc) is 0.845. The number of nitrogens with zero attached hydrogens (tertiary/aromatic N) is 12. The monoisotopic (exact) mass is 1340 g/mol. The third-order valence-electron chi connectivity index (χ3n) is 15.9. The normalized spacial score (nSPS) is 15.3. The molecule has 1 aromatic heterocycles. The van der Waals surface area contributed by atoms with Gasteiger partial charge in [0, 0.05) is 202 Å². The molecular formula is C65H78F5N15O11. The molecule has 7 aromatic rings. The Morgan fingerprint density at radius 2 is 1.01 bits per heavy atom. The van der Waals surface area contributed by atoms with Gasteiger partial charge in [-0.25, -0.2) is 23.1 Å². The topological polar surface area (TPSA) is 312 Å². The van der Waals surface area contributed by atoms with Crippen LogP contribution in [0.15, 0.2) is 134 Å². The maximum Gasteiger partial charge on any atom is 0.304 e. The maximum atomic E-state index is 15.1. The number of carbonyl (C=O) groups is 1. The Hall–Kier alpha value is -9.44. The fraction of sp³-hybridized carbons (Fsp3) is 0.369. The number of nitro groups is 3. The molecule has 1 amide bonds. The van der Waals surface area contributed by atoms with Gasteiger partial charge in [0.05, 0.1) is 52.4 Å². The van der Waals surface area contributed by atoms with E-state index >= 15 is 4.39 Å². The number of hydrogen-bond acceptors (Lipinski definition) is 22. The molecule has 0 spiro atoms. The molecule has 514 valence electrons. The van der Waals surface area contributed by atoms with Gasteiger partial charge in [-0.15, -0.1) is 0 Å². The molecule has 26 nitrogen and oxygen atoms in total. The van der Waals surface area contributed by atoms with E-state index in [0.29, 0.717) is 86.8 Å². The van der Waals surface area contributed by atoms with Crippen LogP contribution >= 0.6 is 0 Å². The minimum absolute atomic E-state index is 0.0722. The van der Waals surface area contributed by atoms with E-state index in [1.54, 1.807) is 24.4 Å². The van der Waals surface area contributed by atoms with E-state index in [1.807, 2.05) is 52.3 Å². The Labute approximate surface area is 550 Å². The van der Waals surface area contributed by atoms with Crippen LogP contribution in [0.5, 0.6) is 0 Å². The summed E-state index contributed by atoms with van der Waals surface area (Å²) in [6.07, 6.45) is 2.93. The van der Waals surface area contributed by atoms with E-state index in [-0.39, 0.29) is 43.2 Å². The Morgan fingerprint density at radius 3 is 1.51 bits per heavy atom. The molecule has 0 aliphatic carbocycles. The number of amides is 1. The highest BCUT2D eigenvalue weighted by Gasteiger charge is 2.26. The molecule has 96 heavy (non-hydrogen) atoms. The standard InChI is InChI=1S/C29H29FN6O2.2C12H16FN3O3.C6H3F2NO2.C6H14N2O/c1-2-27(38)32-22-7-3-5-20(17-22)24-8-4-6-21-19-31-29(34-28(21)24)33-26-10-9-23(18-25(26)30)36-13-11-35(12-14-36)15-16-37;13-11-9-10(1-2-12(11)16(18)19)15-5-3-14(4-6-15)7-8-17;13-10-1-2-11(16(18)19)12(9-10)15-5-3-14(4-6-15)7-8-17;7-4-1-2-6(9(10)11)5(8)3-4;9-6-5-8-3-1-7-2-4-8/h2-10,17-19,37H,1,11-16H2,(H,32,38)(H,31,33,34);2*1-2,9,17H,3-8H2;1-3H;7,9H,1-6H2. The van der Waals surface area contributed by atoms with Gasteiger partial charge in [-0.1, -0.05) is 36.9 Å². The largest absolute Gasteiger partial charge is 0.395 e. The molecule has 4 aliphatic rings. The lowest BCUT2D eigenvalue weighted by molar-refractivity contribution is -0.387. The van der Waals surface area contributed by atoms with Crippen molar-refractivity contribution in [3.8, 4) is 11.1 Å². The summed E-state index contributed by atoms with van der Waals surface area (Å²) in [5, 5.41) is 76.8. The predicted molar refractivity (Wildman–Crippen MR) is 356 cm³/mol. The fourth-order valence-electron chi connectivity index (χ4n) is 10.8. The summed E-state index contributed by atoms with van der Waals surface area (Å²) in [6, 6.07) is 28.0. The number of nitrogens with one attached hydrogen (secondary N) is 3. The zero-order valence-electron chi connectivity index (χ0n) is 52.7. The number of nitro benzene ring substituents is 3. The van der Waals surface area contributed by atoms with E-state index in [0.717, 1.165) is 125 Å². The maximum absolute atomic E-state index is 15.1. The van der Waals surface area contributed by atoms with Gasteiger partial charge in [0.2, 0.25) is 23.5 Å². The van der Waals surface area contributed by atoms with Crippen molar-refractivity contribution in [2.45, 2.75) is 0 Å². The number of halogens is 5. The number of aliphatic hydroxyl groups is 4. The lowest BCUT2D eigenvalue weighted by atomic mass is 10.0. The minimum Gasteiger partial charge on any atom is -0.395 e. The van der Waals surface area contributed by atoms with Crippen LogP contribution in [-0.2, 0) is 4.79 Å². The third-order valence-corrected chi connectivity index (χ3v) is 15.9. The number of hydrogen-bond donors (Lipinski definition) is 7. The Bertz CT molecular complexity index is 3710. The summed E-state index contributed by atoms with van der Waals surface area (Å²) < 4.78 is 66.5. The van der Waals surface area contributed by atoms with Gasteiger partial charge in [0.1, 0.15) is 23.1 Å². The van der Waals surface area contributed by atoms with Gasteiger partial charge >= 0.3 is 11.4 Å². The number of β-amino-alcohol motifs (C(OH)–C–C–N with tert-alkyl or cyclic N) is 4. The van der Waals surface area contributed by atoms with Gasteiger partial charge in [0.15, 0.2) is 0 Å². The van der Waals surface area contributed by atoms with Crippen LogP contribution in [0.25, 0.3) is 22.0 Å². The highest BCUT2D eigenvalue weighted by Crippen LogP contribution is 2.33. The molecular weight excluding hydrogens is 1260 g/mol. The van der Waals surface area contributed by atoms with Gasteiger partial charge in [-0.2, -0.15) is 8.78 Å². The Morgan fingerprint density at radius 1 is 0.542 bits per heavy atom. The molecule has 5 heterocycles. The molecule has 4 fully saturated rings. The quantitative estimate of drug-likeness (QED) is 0.0188. The molecule has 4 aliphatic heterocycles. The second-order valence-corrected chi connectivity index (χ2v) is 22.1. The first kappa shape index (κ1) is 74.0. The average molecular weight is 1340 g/mol. The first-order chi connectivity index (χ1) is 46.3. The number of piperazine rings is 4. The number of benzene rings is 6. The summed E-state index contributed by atoms with van der Waals surface area (Å²) in [5.41, 5.74) is 3.89. The molecule has 6 aromatic carbocycles. The first-order valence-corrected chi connectivity index (χ1v) is 30.9. The number of aromatic nitrogens is 2. The van der Waals surface area contributed by atoms with Crippen LogP contribution in [0.3, 0.4) is 0 Å². The van der Waals surface area contributed by atoms with E-state index in [2.05, 4.69) is 52.0 Å². The van der Waals surface area contributed by atoms with E-state index < -0.39 is 49.4 Å². The number of anilines is 6. The van der Waals surface area contributed by atoms with Crippen molar-refractivity contribution in [2.24, 2.45) is 0 Å². The zero-order chi connectivity index (χ0) is 69.1. The number of fused-ring (bicyclic) bond motifs is 1. The van der Waals surface area contributed by atoms with Crippen molar-refractivity contribution >= 4 is 68.3 Å². The number of para-hydroxylation sites is 1. The van der Waals surface area contributed by atoms with Gasteiger partial charge in [-0.05, 0) is 60.2 Å². The van der Waals surface area contributed by atoms with E-state index in [9.17, 15) is 52.7 Å². The van der Waals surface area contributed by atoms with Crippen molar-refractivity contribution in [3.05, 3.63) is 194 Å². The molecule has 7 N–H and O–H groups in total. The number of aliphatic hydroxyl groups excluding tert-OH is 4. The molecule has 11 rings (SSSR count). The van der Waals surface area contributed by atoms with Crippen molar-refractivity contribution in [1.29, 1.82) is 0 Å². The van der Waals surface area contributed by atoms with Gasteiger partial charge in [0.25, 0.3) is 5.69 Å². The lowest BCUT2D eigenvalue weighted by Gasteiger charge is -2.35. The second kappa shape index (κ2) is 37.6. The molecule has 0 bridgehead atoms. The van der Waals surface area contributed by atoms with Gasteiger partial charge < -0.3 is 51.1 Å². The van der Waals surface area contributed by atoms with Crippen molar-refractivity contribution in [1.82, 2.24) is 34.9 Å². The highest BCUT2D eigenvalue weighted by atomic mass is 19.1. The molecule has 4 saturated heterocycles. The lowest BCUT2D eigenvalue weighted by Crippen LogP contribution is -2.47. The zero-order valence-corrected chi connectivity index (χ0v) is 52.7. The highest BCUT2D eigenvalue weighted by molar-refractivity contribution is 6.00. The summed E-state index contributed by atoms with van der Waals surface area (Å²) in [7, 11) is 0. The summed E-state index contributed by atoms with van der Waals surface area (Å²) in [4.78, 5) is 64.8. The van der Waals surface area contributed by atoms with Crippen molar-refractivity contribution in [3.63, 3.8) is 0 Å². The smallest absolute Gasteiger partial charge is 0.304 e. The van der Waals surface area contributed by atoms with E-state index in [4.69, 9.17) is 25.4 Å². The Balaban J connectivity index is 0.000000188. The summed E-state index contributed by atoms with van der Waals surface area (Å²) in [5.74, 6) is -3.65. The minimum atomic E-state index is -1.16. The molecule has 0 radical (unpaired) electrons. The molecule has 0 unspecified atom stereocenters. The Kier molecular flexibility index (Phi) is 29.0. The van der Waals surface area contributed by atoms with Crippen LogP contribution in [0.1, 0.15) is 0 Å². The first-order valence-electron chi connectivity index (χ1n) is 30.9. The van der Waals surface area contributed by atoms with Crippen LogP contribution in [0.4, 0.5) is 73.4 Å². The van der Waals surface area contributed by atoms with Crippen molar-refractivity contribution in [2.75, 3.05) is 183 Å². The third kappa shape index (κ3) is 22.1. The number of carbonyl (C=O) groups excluding carboxylic acids is 1. The van der Waals surface area contributed by atoms with Gasteiger partial charge in [-0.3, -0.25) is 54.7 Å². The second-order valence-electron chi connectivity index (χ2n) is 22.1. The van der Waals surface area contributed by atoms with Crippen LogP contribution < -0.4 is 30.7 Å². The molecule has 31 heteroatoms. The van der Waals surface area contributed by atoms with Crippen LogP contribution in [0, 0.1) is 59.4 Å². The summed E-state index contributed by atoms with van der Waals surface area (Å²) >= 11 is 0. The molecule has 0 atom stereocenters. The predicted octanol–water partition coefficient (Wildman–Crippen LogP) is 6.87. The van der Waals surface area contributed by atoms with Crippen LogP contribution in [-0.4, -0.2) is 228 Å². The SMILES string of the molecule is C=CC(=O)Nc1cccc(-c2cccc3cnc(Nc4ccc(N5CCN(CCO)CC5)cc4F)nc23)c1.O=[N+]([O-])c1ccc(F)cc1F.O=[N+]([O-])c1ccc(F)cc1N1CCN(CCO)CC1.O=[N+]([O-])c1ccc(N2CCN(CCO)CC2)cc1F.OCCN1CCNCC1. The van der Waals surface area contributed by atoms with E-state index in [1.165, 1.54) is 36.4 Å².